The van der Waals surface area contributed by atoms with Crippen molar-refractivity contribution in [3.63, 3.8) is 0 Å². The molecule has 0 bridgehead atoms. The fourth-order valence-corrected chi connectivity index (χ4v) is 1.92. The lowest BCUT2D eigenvalue weighted by molar-refractivity contribution is -0.141. The van der Waals surface area contributed by atoms with Gasteiger partial charge in [-0.05, 0) is 33.5 Å². The number of hydrogen-bond acceptors (Lipinski definition) is 4. The van der Waals surface area contributed by atoms with E-state index in [0.29, 0.717) is 12.6 Å². The van der Waals surface area contributed by atoms with Crippen LogP contribution >= 0.6 is 0 Å². The summed E-state index contributed by atoms with van der Waals surface area (Å²) in [6.45, 7) is 2.52. The van der Waals surface area contributed by atoms with Crippen LogP contribution in [0, 0.1) is 0 Å². The van der Waals surface area contributed by atoms with Crippen LogP contribution in [0.25, 0.3) is 0 Å². The van der Waals surface area contributed by atoms with E-state index in [0.717, 1.165) is 6.54 Å². The smallest absolute Gasteiger partial charge is 0.319 e. The van der Waals surface area contributed by atoms with Crippen LogP contribution in [0.4, 0.5) is 0 Å². The molecule has 0 N–H and O–H groups in total. The zero-order chi connectivity index (χ0) is 10.6. The van der Waals surface area contributed by atoms with Crippen molar-refractivity contribution in [1.82, 2.24) is 9.80 Å². The van der Waals surface area contributed by atoms with Crippen molar-refractivity contribution in [3.8, 4) is 0 Å². The standard InChI is InChI=1S/C10H20N2O2/c1-11(8-10(13)14-3)7-9-5-4-6-12(9)2/h9H,4-8H2,1-3H3. The topological polar surface area (TPSA) is 32.8 Å². The number of rotatable bonds is 4. The van der Waals surface area contributed by atoms with Gasteiger partial charge in [-0.2, -0.15) is 0 Å². The fraction of sp³-hybridized carbons (Fsp3) is 0.900. The lowest BCUT2D eigenvalue weighted by Crippen LogP contribution is -2.39. The molecule has 0 saturated carbocycles. The summed E-state index contributed by atoms with van der Waals surface area (Å²) < 4.78 is 4.62. The second-order valence-electron chi connectivity index (χ2n) is 4.05. The molecular weight excluding hydrogens is 180 g/mol. The van der Waals surface area contributed by atoms with Crippen LogP contribution in [0.2, 0.25) is 0 Å². The highest BCUT2D eigenvalue weighted by Gasteiger charge is 2.22. The maximum absolute atomic E-state index is 11.0. The van der Waals surface area contributed by atoms with Gasteiger partial charge in [0.25, 0.3) is 0 Å². The number of carbonyl (C=O) groups excluding carboxylic acids is 1. The first-order chi connectivity index (χ1) is 6.63. The minimum Gasteiger partial charge on any atom is -0.468 e. The maximum Gasteiger partial charge on any atom is 0.319 e. The zero-order valence-electron chi connectivity index (χ0n) is 9.32. The molecule has 1 saturated heterocycles. The Hall–Kier alpha value is -0.610. The van der Waals surface area contributed by atoms with Crippen molar-refractivity contribution in [2.24, 2.45) is 0 Å². The third kappa shape index (κ3) is 3.27. The Balaban J connectivity index is 2.25. The number of methoxy groups -OCH3 is 1. The van der Waals surface area contributed by atoms with E-state index in [1.165, 1.54) is 26.5 Å². The molecule has 0 aliphatic carbocycles. The highest BCUT2D eigenvalue weighted by molar-refractivity contribution is 5.71. The van der Waals surface area contributed by atoms with Gasteiger partial charge in [-0.15, -0.1) is 0 Å². The van der Waals surface area contributed by atoms with E-state index < -0.39 is 0 Å². The molecule has 82 valence electrons. The monoisotopic (exact) mass is 200 g/mol. The van der Waals surface area contributed by atoms with Crippen molar-refractivity contribution < 1.29 is 9.53 Å². The SMILES string of the molecule is COC(=O)CN(C)CC1CCCN1C. The first-order valence-corrected chi connectivity index (χ1v) is 5.09. The number of esters is 1. The fourth-order valence-electron chi connectivity index (χ4n) is 1.92. The van der Waals surface area contributed by atoms with Crippen LogP contribution in [0.15, 0.2) is 0 Å². The number of likely N-dealkylation sites (N-methyl/N-ethyl adjacent to an activating group) is 2. The Morgan fingerprint density at radius 2 is 2.36 bits per heavy atom. The van der Waals surface area contributed by atoms with Crippen LogP contribution in [0.3, 0.4) is 0 Å². The summed E-state index contributed by atoms with van der Waals surface area (Å²) in [4.78, 5) is 15.4. The number of nitrogens with zero attached hydrogens (tertiary/aromatic N) is 2. The third-order valence-corrected chi connectivity index (χ3v) is 2.82. The highest BCUT2D eigenvalue weighted by atomic mass is 16.5. The lowest BCUT2D eigenvalue weighted by atomic mass is 10.2. The molecule has 1 fully saturated rings. The summed E-state index contributed by atoms with van der Waals surface area (Å²) in [6, 6.07) is 0.602. The van der Waals surface area contributed by atoms with Gasteiger partial charge in [-0.25, -0.2) is 0 Å². The second kappa shape index (κ2) is 5.32. The lowest BCUT2D eigenvalue weighted by Gasteiger charge is -2.24. The van der Waals surface area contributed by atoms with Crippen LogP contribution in [0.5, 0.6) is 0 Å². The Kier molecular flexibility index (Phi) is 4.35. The predicted molar refractivity (Wildman–Crippen MR) is 55.2 cm³/mol. The van der Waals surface area contributed by atoms with Gasteiger partial charge < -0.3 is 9.64 Å². The second-order valence-corrected chi connectivity index (χ2v) is 4.05. The van der Waals surface area contributed by atoms with Gasteiger partial charge in [-0.1, -0.05) is 0 Å². The van der Waals surface area contributed by atoms with E-state index in [-0.39, 0.29) is 5.97 Å². The summed E-state index contributed by atoms with van der Waals surface area (Å²) >= 11 is 0. The number of hydrogen-bond donors (Lipinski definition) is 0. The molecule has 4 heteroatoms. The van der Waals surface area contributed by atoms with Gasteiger partial charge in [-0.3, -0.25) is 9.69 Å². The van der Waals surface area contributed by atoms with Gasteiger partial charge in [0.05, 0.1) is 13.7 Å². The molecule has 0 amide bonds. The molecule has 0 aromatic rings. The van der Waals surface area contributed by atoms with Gasteiger partial charge in [0, 0.05) is 12.6 Å². The normalized spacial score (nSPS) is 23.0. The van der Waals surface area contributed by atoms with Crippen LogP contribution in [-0.4, -0.2) is 62.7 Å². The maximum atomic E-state index is 11.0. The third-order valence-electron chi connectivity index (χ3n) is 2.82. The van der Waals surface area contributed by atoms with Crippen molar-refractivity contribution in [2.45, 2.75) is 18.9 Å². The Bertz CT molecular complexity index is 197. The van der Waals surface area contributed by atoms with E-state index in [1.807, 2.05) is 11.9 Å². The first kappa shape index (κ1) is 11.5. The molecule has 0 aromatic carbocycles. The van der Waals surface area contributed by atoms with E-state index in [4.69, 9.17) is 0 Å². The molecule has 1 heterocycles. The molecule has 0 aromatic heterocycles. The highest BCUT2D eigenvalue weighted by Crippen LogP contribution is 2.15. The summed E-state index contributed by atoms with van der Waals surface area (Å²) in [5, 5.41) is 0. The first-order valence-electron chi connectivity index (χ1n) is 5.09. The number of likely N-dealkylation sites (tertiary alicyclic amines) is 1. The molecule has 1 aliphatic heterocycles. The molecular formula is C10H20N2O2. The van der Waals surface area contributed by atoms with Gasteiger partial charge in [0.2, 0.25) is 0 Å². The molecule has 1 aliphatic rings. The molecule has 1 rings (SSSR count). The Labute approximate surface area is 85.8 Å². The molecule has 14 heavy (non-hydrogen) atoms. The minimum absolute atomic E-state index is 0.159. The van der Waals surface area contributed by atoms with Crippen LogP contribution in [0.1, 0.15) is 12.8 Å². The minimum atomic E-state index is -0.159. The van der Waals surface area contributed by atoms with Crippen LogP contribution < -0.4 is 0 Å². The van der Waals surface area contributed by atoms with E-state index in [9.17, 15) is 4.79 Å². The summed E-state index contributed by atoms with van der Waals surface area (Å²) in [6.07, 6.45) is 2.51. The summed E-state index contributed by atoms with van der Waals surface area (Å²) in [7, 11) is 5.53. The largest absolute Gasteiger partial charge is 0.468 e. The quantitative estimate of drug-likeness (QED) is 0.606. The van der Waals surface area contributed by atoms with E-state index in [1.54, 1.807) is 0 Å². The average Bonchev–Trinajstić information content (AvgIpc) is 2.51. The average molecular weight is 200 g/mol. The molecule has 0 radical (unpaired) electrons. The zero-order valence-corrected chi connectivity index (χ0v) is 9.32. The van der Waals surface area contributed by atoms with Crippen molar-refractivity contribution in [3.05, 3.63) is 0 Å². The Morgan fingerprint density at radius 3 is 2.86 bits per heavy atom. The van der Waals surface area contributed by atoms with E-state index >= 15 is 0 Å². The summed E-state index contributed by atoms with van der Waals surface area (Å²) in [5.74, 6) is -0.159. The van der Waals surface area contributed by atoms with Crippen molar-refractivity contribution in [1.29, 1.82) is 0 Å². The van der Waals surface area contributed by atoms with E-state index in [2.05, 4.69) is 16.7 Å². The summed E-state index contributed by atoms with van der Waals surface area (Å²) in [5.41, 5.74) is 0. The molecule has 1 unspecified atom stereocenters. The number of ether oxygens (including phenoxy) is 1. The van der Waals surface area contributed by atoms with Crippen molar-refractivity contribution in [2.75, 3.05) is 40.8 Å². The van der Waals surface area contributed by atoms with Crippen LogP contribution in [-0.2, 0) is 9.53 Å². The Morgan fingerprint density at radius 1 is 1.64 bits per heavy atom. The van der Waals surface area contributed by atoms with Crippen molar-refractivity contribution >= 4 is 5.97 Å². The van der Waals surface area contributed by atoms with Gasteiger partial charge >= 0.3 is 5.97 Å². The molecule has 4 nitrogen and oxygen atoms in total. The number of carbonyl (C=O) groups is 1. The molecule has 1 atom stereocenters. The molecule has 0 spiro atoms. The predicted octanol–water partition coefficient (Wildman–Crippen LogP) is 0.185. The van der Waals surface area contributed by atoms with Gasteiger partial charge in [0.15, 0.2) is 0 Å². The van der Waals surface area contributed by atoms with Gasteiger partial charge in [0.1, 0.15) is 0 Å².